The average Bonchev–Trinajstić information content (AvgIpc) is 2.13. The smallest absolute Gasteiger partial charge is 0.302 e. The van der Waals surface area contributed by atoms with E-state index in [-0.39, 0.29) is 5.97 Å². The van der Waals surface area contributed by atoms with Gasteiger partial charge in [0, 0.05) is 6.92 Å². The lowest BCUT2D eigenvalue weighted by molar-refractivity contribution is -0.140. The fourth-order valence-corrected chi connectivity index (χ4v) is 1.16. The zero-order chi connectivity index (χ0) is 11.8. The highest BCUT2D eigenvalue weighted by atomic mass is 16.5. The zero-order valence-corrected chi connectivity index (χ0v) is 10.3. The molecule has 0 spiro atoms. The molecule has 0 bridgehead atoms. The molecule has 0 radical (unpaired) electrons. The second-order valence-corrected chi connectivity index (χ2v) is 4.20. The van der Waals surface area contributed by atoms with Gasteiger partial charge in [-0.05, 0) is 38.2 Å². The molecule has 0 aliphatic rings. The van der Waals surface area contributed by atoms with Crippen LogP contribution in [0.25, 0.3) is 0 Å². The summed E-state index contributed by atoms with van der Waals surface area (Å²) >= 11 is 0. The predicted molar refractivity (Wildman–Crippen MR) is 63.6 cm³/mol. The Morgan fingerprint density at radius 1 is 1.40 bits per heavy atom. The second-order valence-electron chi connectivity index (χ2n) is 4.20. The maximum absolute atomic E-state index is 10.6. The van der Waals surface area contributed by atoms with Gasteiger partial charge in [-0.3, -0.25) is 4.79 Å². The van der Waals surface area contributed by atoms with Crippen LogP contribution in [-0.2, 0) is 9.53 Å². The third kappa shape index (κ3) is 7.98. The van der Waals surface area contributed by atoms with Crippen LogP contribution in [0, 0.1) is 5.92 Å². The molecular formula is C13H22O2. The van der Waals surface area contributed by atoms with Crippen molar-refractivity contribution >= 4 is 5.97 Å². The molecule has 0 saturated heterocycles. The van der Waals surface area contributed by atoms with Crippen molar-refractivity contribution in [2.45, 2.75) is 40.5 Å². The van der Waals surface area contributed by atoms with Gasteiger partial charge in [-0.2, -0.15) is 0 Å². The molecule has 0 aromatic carbocycles. The highest BCUT2D eigenvalue weighted by Crippen LogP contribution is 2.16. The number of rotatable bonds is 6. The Labute approximate surface area is 93.0 Å². The van der Waals surface area contributed by atoms with Crippen molar-refractivity contribution in [1.29, 1.82) is 0 Å². The first-order valence-corrected chi connectivity index (χ1v) is 5.38. The minimum Gasteiger partial charge on any atom is -0.461 e. The molecular weight excluding hydrogens is 188 g/mol. The van der Waals surface area contributed by atoms with E-state index < -0.39 is 0 Å². The van der Waals surface area contributed by atoms with Gasteiger partial charge in [-0.1, -0.05) is 25.2 Å². The lowest BCUT2D eigenvalue weighted by atomic mass is 9.97. The van der Waals surface area contributed by atoms with E-state index in [9.17, 15) is 4.79 Å². The molecule has 0 N–H and O–H groups in total. The summed E-state index contributed by atoms with van der Waals surface area (Å²) in [6, 6.07) is 0. The Morgan fingerprint density at radius 3 is 2.47 bits per heavy atom. The van der Waals surface area contributed by atoms with Gasteiger partial charge in [0.25, 0.3) is 0 Å². The molecule has 0 fully saturated rings. The predicted octanol–water partition coefficient (Wildman–Crippen LogP) is 3.49. The van der Waals surface area contributed by atoms with Crippen LogP contribution >= 0.6 is 0 Å². The van der Waals surface area contributed by atoms with Crippen molar-refractivity contribution in [3.8, 4) is 0 Å². The highest BCUT2D eigenvalue weighted by Gasteiger charge is 2.07. The van der Waals surface area contributed by atoms with Gasteiger partial charge < -0.3 is 4.74 Å². The summed E-state index contributed by atoms with van der Waals surface area (Å²) in [7, 11) is 0. The molecule has 2 nitrogen and oxygen atoms in total. The molecule has 0 aliphatic carbocycles. The molecule has 0 aliphatic heterocycles. The van der Waals surface area contributed by atoms with E-state index in [1.54, 1.807) is 0 Å². The summed E-state index contributed by atoms with van der Waals surface area (Å²) in [5.41, 5.74) is 2.33. The molecule has 0 amide bonds. The Morgan fingerprint density at radius 2 is 2.00 bits per heavy atom. The largest absolute Gasteiger partial charge is 0.461 e. The van der Waals surface area contributed by atoms with Crippen LogP contribution in [0.5, 0.6) is 0 Å². The van der Waals surface area contributed by atoms with Crippen LogP contribution in [0.4, 0.5) is 0 Å². The van der Waals surface area contributed by atoms with Gasteiger partial charge in [0.1, 0.15) is 6.61 Å². The van der Waals surface area contributed by atoms with E-state index in [1.165, 1.54) is 12.5 Å². The van der Waals surface area contributed by atoms with Gasteiger partial charge >= 0.3 is 5.97 Å². The molecule has 0 saturated carbocycles. The number of carbonyl (C=O) groups is 1. The number of carbonyl (C=O) groups excluding carboxylic acids is 1. The lowest BCUT2D eigenvalue weighted by Crippen LogP contribution is -2.08. The van der Waals surface area contributed by atoms with Gasteiger partial charge in [0.2, 0.25) is 0 Å². The quantitative estimate of drug-likeness (QED) is 0.495. The number of hydrogen-bond acceptors (Lipinski definition) is 2. The summed E-state index contributed by atoms with van der Waals surface area (Å²) in [6.07, 6.45) is 4.34. The van der Waals surface area contributed by atoms with Gasteiger partial charge in [-0.25, -0.2) is 0 Å². The summed E-state index contributed by atoms with van der Waals surface area (Å²) in [6.45, 7) is 12.0. The SMILES string of the molecule is C=C(COC(C)=O)[C@H](C)CCC=C(C)C. The van der Waals surface area contributed by atoms with Crippen molar-refractivity contribution in [2.75, 3.05) is 6.61 Å². The van der Waals surface area contributed by atoms with Crippen molar-refractivity contribution < 1.29 is 9.53 Å². The Balaban J connectivity index is 3.79. The van der Waals surface area contributed by atoms with Gasteiger partial charge in [0.15, 0.2) is 0 Å². The minimum absolute atomic E-state index is 0.243. The maximum atomic E-state index is 10.6. The van der Waals surface area contributed by atoms with Crippen molar-refractivity contribution in [3.05, 3.63) is 23.8 Å². The first kappa shape index (κ1) is 13.9. The van der Waals surface area contributed by atoms with Gasteiger partial charge in [0.05, 0.1) is 0 Å². The summed E-state index contributed by atoms with van der Waals surface area (Å²) in [5, 5.41) is 0. The first-order chi connectivity index (χ1) is 6.93. The normalized spacial score (nSPS) is 11.7. The van der Waals surface area contributed by atoms with Crippen LogP contribution in [0.2, 0.25) is 0 Å². The maximum Gasteiger partial charge on any atom is 0.302 e. The highest BCUT2D eigenvalue weighted by molar-refractivity contribution is 5.66. The first-order valence-electron chi connectivity index (χ1n) is 5.38. The molecule has 0 aromatic heterocycles. The van der Waals surface area contributed by atoms with E-state index in [0.717, 1.165) is 18.4 Å². The average molecular weight is 210 g/mol. The monoisotopic (exact) mass is 210 g/mol. The number of ether oxygens (including phenoxy) is 1. The minimum atomic E-state index is -0.243. The number of esters is 1. The molecule has 86 valence electrons. The lowest BCUT2D eigenvalue weighted by Gasteiger charge is -2.13. The molecule has 1 atom stereocenters. The standard InChI is InChI=1S/C13H22O2/c1-10(2)7-6-8-11(3)12(4)9-15-13(5)14/h7,11H,4,6,8-9H2,1-3,5H3/t11-/m1/s1. The molecule has 15 heavy (non-hydrogen) atoms. The fraction of sp³-hybridized carbons (Fsp3) is 0.615. The van der Waals surface area contributed by atoms with Crippen molar-refractivity contribution in [2.24, 2.45) is 5.92 Å². The Kier molecular flexibility index (Phi) is 6.76. The van der Waals surface area contributed by atoms with Crippen LogP contribution in [0.15, 0.2) is 23.8 Å². The summed E-state index contributed by atoms with van der Waals surface area (Å²) in [4.78, 5) is 10.6. The third-order valence-corrected chi connectivity index (χ3v) is 2.31. The van der Waals surface area contributed by atoms with Crippen molar-refractivity contribution in [3.63, 3.8) is 0 Å². The van der Waals surface area contributed by atoms with E-state index in [2.05, 4.69) is 33.4 Å². The number of allylic oxidation sites excluding steroid dienone is 2. The second kappa shape index (κ2) is 7.27. The van der Waals surface area contributed by atoms with Crippen molar-refractivity contribution in [1.82, 2.24) is 0 Å². The van der Waals surface area contributed by atoms with Crippen LogP contribution in [0.3, 0.4) is 0 Å². The Hall–Kier alpha value is -1.05. The molecule has 0 heterocycles. The third-order valence-electron chi connectivity index (χ3n) is 2.31. The van der Waals surface area contributed by atoms with E-state index in [1.807, 2.05) is 0 Å². The Bertz CT molecular complexity index is 247. The molecule has 0 rings (SSSR count). The molecule has 2 heteroatoms. The molecule has 0 unspecified atom stereocenters. The molecule has 0 aromatic rings. The summed E-state index contributed by atoms with van der Waals surface area (Å²) in [5.74, 6) is 0.160. The van der Waals surface area contributed by atoms with E-state index in [0.29, 0.717) is 12.5 Å². The van der Waals surface area contributed by atoms with E-state index >= 15 is 0 Å². The summed E-state index contributed by atoms with van der Waals surface area (Å²) < 4.78 is 4.90. The van der Waals surface area contributed by atoms with Crippen LogP contribution in [-0.4, -0.2) is 12.6 Å². The fourth-order valence-electron chi connectivity index (χ4n) is 1.16. The topological polar surface area (TPSA) is 26.3 Å². The van der Waals surface area contributed by atoms with Gasteiger partial charge in [-0.15, -0.1) is 0 Å². The van der Waals surface area contributed by atoms with Crippen LogP contribution < -0.4 is 0 Å². The zero-order valence-electron chi connectivity index (χ0n) is 10.3. The van der Waals surface area contributed by atoms with Crippen LogP contribution in [0.1, 0.15) is 40.5 Å². The van der Waals surface area contributed by atoms with E-state index in [4.69, 9.17) is 4.74 Å². The number of hydrogen-bond donors (Lipinski definition) is 0.